The molecule has 96 valence electrons. The molecule has 0 spiro atoms. The minimum absolute atomic E-state index is 0.0401. The quantitative estimate of drug-likeness (QED) is 0.476. The zero-order valence-corrected chi connectivity index (χ0v) is 10.2. The van der Waals surface area contributed by atoms with Gasteiger partial charge in [-0.2, -0.15) is 0 Å². The van der Waals surface area contributed by atoms with Crippen LogP contribution in [0, 0.1) is 15.9 Å². The van der Waals surface area contributed by atoms with E-state index < -0.39 is 4.92 Å². The maximum absolute atomic E-state index is 12.8. The summed E-state index contributed by atoms with van der Waals surface area (Å²) in [4.78, 5) is 14.4. The summed E-state index contributed by atoms with van der Waals surface area (Å²) in [5, 5.41) is 10.5. The average molecular weight is 258 g/mol. The van der Waals surface area contributed by atoms with Crippen LogP contribution in [0.2, 0.25) is 0 Å². The molecule has 2 rings (SSSR count). The Morgan fingerprint density at radius 2 is 1.68 bits per heavy atom. The van der Waals surface area contributed by atoms with E-state index in [1.54, 1.807) is 31.2 Å². The third-order valence-electron chi connectivity index (χ3n) is 2.62. The van der Waals surface area contributed by atoms with Crippen LogP contribution in [-0.2, 0) is 0 Å². The standard InChI is InChI=1S/C14H11FN2O2/c1-10(16-13-6-4-12(15)5-7-13)11-2-8-14(9-3-11)17(18)19/h2-9H,1H3. The van der Waals surface area contributed by atoms with Crippen LogP contribution in [0.3, 0.4) is 0 Å². The molecule has 0 atom stereocenters. The predicted molar refractivity (Wildman–Crippen MR) is 71.4 cm³/mol. The number of nitro benzene ring substituents is 1. The molecular formula is C14H11FN2O2. The van der Waals surface area contributed by atoms with E-state index in [4.69, 9.17) is 0 Å². The molecule has 0 aromatic heterocycles. The zero-order chi connectivity index (χ0) is 13.8. The molecule has 0 heterocycles. The van der Waals surface area contributed by atoms with Gasteiger partial charge in [0.2, 0.25) is 0 Å². The number of non-ortho nitro benzene ring substituents is 1. The van der Waals surface area contributed by atoms with Gasteiger partial charge in [0.05, 0.1) is 10.6 Å². The normalized spacial score (nSPS) is 11.4. The van der Waals surface area contributed by atoms with Crippen LogP contribution in [0.25, 0.3) is 0 Å². The molecule has 0 fully saturated rings. The van der Waals surface area contributed by atoms with Crippen LogP contribution in [-0.4, -0.2) is 10.6 Å². The van der Waals surface area contributed by atoms with Crippen molar-refractivity contribution in [2.24, 2.45) is 4.99 Å². The molecule has 5 heteroatoms. The van der Waals surface area contributed by atoms with Gasteiger partial charge in [0.15, 0.2) is 0 Å². The van der Waals surface area contributed by atoms with Crippen molar-refractivity contribution >= 4 is 17.1 Å². The number of benzene rings is 2. The van der Waals surface area contributed by atoms with E-state index in [1.807, 2.05) is 0 Å². The molecule has 19 heavy (non-hydrogen) atoms. The maximum atomic E-state index is 12.8. The summed E-state index contributed by atoms with van der Waals surface area (Å²) in [6.45, 7) is 1.80. The van der Waals surface area contributed by atoms with Crippen molar-refractivity contribution in [3.05, 3.63) is 70.0 Å². The number of hydrogen-bond acceptors (Lipinski definition) is 3. The molecule has 0 radical (unpaired) electrons. The lowest BCUT2D eigenvalue weighted by atomic mass is 10.1. The minimum atomic E-state index is -0.448. The fraction of sp³-hybridized carbons (Fsp3) is 0.0714. The minimum Gasteiger partial charge on any atom is -0.258 e. The van der Waals surface area contributed by atoms with Crippen LogP contribution < -0.4 is 0 Å². The van der Waals surface area contributed by atoms with Gasteiger partial charge in [-0.1, -0.05) is 0 Å². The van der Waals surface area contributed by atoms with Gasteiger partial charge in [0.25, 0.3) is 5.69 Å². The van der Waals surface area contributed by atoms with Crippen LogP contribution in [0.4, 0.5) is 15.8 Å². The first-order valence-electron chi connectivity index (χ1n) is 5.62. The molecule has 4 nitrogen and oxygen atoms in total. The highest BCUT2D eigenvalue weighted by Gasteiger charge is 2.05. The molecule has 0 unspecified atom stereocenters. The van der Waals surface area contributed by atoms with Crippen molar-refractivity contribution in [1.29, 1.82) is 0 Å². The summed E-state index contributed by atoms with van der Waals surface area (Å²) in [6.07, 6.45) is 0. The molecule has 2 aromatic rings. The number of rotatable bonds is 3. The first-order valence-corrected chi connectivity index (χ1v) is 5.62. The van der Waals surface area contributed by atoms with Crippen molar-refractivity contribution in [3.8, 4) is 0 Å². The summed E-state index contributed by atoms with van der Waals surface area (Å²) in [7, 11) is 0. The van der Waals surface area contributed by atoms with Crippen LogP contribution in [0.1, 0.15) is 12.5 Å². The van der Waals surface area contributed by atoms with Crippen LogP contribution in [0.15, 0.2) is 53.5 Å². The Kier molecular flexibility index (Phi) is 3.66. The largest absolute Gasteiger partial charge is 0.269 e. The fourth-order valence-electron chi connectivity index (χ4n) is 1.60. The Hall–Kier alpha value is -2.56. The first kappa shape index (κ1) is 12.9. The van der Waals surface area contributed by atoms with E-state index in [1.165, 1.54) is 24.3 Å². The number of nitrogens with zero attached hydrogens (tertiary/aromatic N) is 2. The Bertz CT molecular complexity index is 619. The van der Waals surface area contributed by atoms with Gasteiger partial charge in [0, 0.05) is 17.8 Å². The molecule has 0 N–H and O–H groups in total. The van der Waals surface area contributed by atoms with E-state index in [9.17, 15) is 14.5 Å². The van der Waals surface area contributed by atoms with Gasteiger partial charge in [-0.15, -0.1) is 0 Å². The van der Waals surface area contributed by atoms with Gasteiger partial charge >= 0.3 is 0 Å². The molecular weight excluding hydrogens is 247 g/mol. The zero-order valence-electron chi connectivity index (χ0n) is 10.2. The lowest BCUT2D eigenvalue weighted by Gasteiger charge is -2.01. The second-order valence-electron chi connectivity index (χ2n) is 3.98. The predicted octanol–water partition coefficient (Wildman–Crippen LogP) is 3.87. The molecule has 0 aliphatic heterocycles. The van der Waals surface area contributed by atoms with Gasteiger partial charge in [0.1, 0.15) is 5.82 Å². The Morgan fingerprint density at radius 3 is 2.21 bits per heavy atom. The summed E-state index contributed by atoms with van der Waals surface area (Å²) < 4.78 is 12.8. The first-order chi connectivity index (χ1) is 9.06. The Labute approximate surface area is 109 Å². The third kappa shape index (κ3) is 3.22. The highest BCUT2D eigenvalue weighted by Crippen LogP contribution is 2.17. The number of hydrogen-bond donors (Lipinski definition) is 0. The lowest BCUT2D eigenvalue weighted by molar-refractivity contribution is -0.384. The number of nitro groups is 1. The van der Waals surface area contributed by atoms with Gasteiger partial charge in [-0.05, 0) is 48.9 Å². The maximum Gasteiger partial charge on any atom is 0.269 e. The fourth-order valence-corrected chi connectivity index (χ4v) is 1.60. The average Bonchev–Trinajstić information content (AvgIpc) is 2.41. The van der Waals surface area contributed by atoms with E-state index >= 15 is 0 Å². The summed E-state index contributed by atoms with van der Waals surface area (Å²) >= 11 is 0. The monoisotopic (exact) mass is 258 g/mol. The summed E-state index contributed by atoms with van der Waals surface area (Å²) in [6, 6.07) is 12.0. The Morgan fingerprint density at radius 1 is 1.11 bits per heavy atom. The number of aliphatic imine (C=N–C) groups is 1. The molecule has 0 saturated carbocycles. The van der Waals surface area contributed by atoms with Crippen LogP contribution >= 0.6 is 0 Å². The highest BCUT2D eigenvalue weighted by molar-refractivity contribution is 6.00. The van der Waals surface area contributed by atoms with E-state index in [0.717, 1.165) is 5.56 Å². The summed E-state index contributed by atoms with van der Waals surface area (Å²) in [5.41, 5.74) is 2.17. The van der Waals surface area contributed by atoms with Crippen molar-refractivity contribution in [1.82, 2.24) is 0 Å². The van der Waals surface area contributed by atoms with Gasteiger partial charge < -0.3 is 0 Å². The highest BCUT2D eigenvalue weighted by atomic mass is 19.1. The third-order valence-corrected chi connectivity index (χ3v) is 2.62. The van der Waals surface area contributed by atoms with Gasteiger partial charge in [-0.25, -0.2) is 4.39 Å². The SMILES string of the molecule is CC(=Nc1ccc(F)cc1)c1ccc([N+](=O)[O-])cc1. The molecule has 0 aliphatic rings. The van der Waals surface area contributed by atoms with E-state index in [0.29, 0.717) is 11.4 Å². The molecule has 0 bridgehead atoms. The lowest BCUT2D eigenvalue weighted by Crippen LogP contribution is -1.95. The van der Waals surface area contributed by atoms with Crippen molar-refractivity contribution in [3.63, 3.8) is 0 Å². The van der Waals surface area contributed by atoms with Crippen molar-refractivity contribution in [2.45, 2.75) is 6.92 Å². The van der Waals surface area contributed by atoms with E-state index in [-0.39, 0.29) is 11.5 Å². The van der Waals surface area contributed by atoms with Crippen molar-refractivity contribution in [2.75, 3.05) is 0 Å². The Balaban J connectivity index is 2.25. The second-order valence-corrected chi connectivity index (χ2v) is 3.98. The summed E-state index contributed by atoms with van der Waals surface area (Å²) in [5.74, 6) is -0.313. The topological polar surface area (TPSA) is 55.5 Å². The molecule has 2 aromatic carbocycles. The smallest absolute Gasteiger partial charge is 0.258 e. The molecule has 0 saturated heterocycles. The van der Waals surface area contributed by atoms with Crippen LogP contribution in [0.5, 0.6) is 0 Å². The molecule has 0 aliphatic carbocycles. The number of halogens is 1. The second kappa shape index (κ2) is 5.39. The van der Waals surface area contributed by atoms with Crippen molar-refractivity contribution < 1.29 is 9.31 Å². The van der Waals surface area contributed by atoms with Gasteiger partial charge in [-0.3, -0.25) is 15.1 Å². The van der Waals surface area contributed by atoms with E-state index in [2.05, 4.69) is 4.99 Å². The molecule has 0 amide bonds.